The van der Waals surface area contributed by atoms with E-state index in [0.29, 0.717) is 31.0 Å². The van der Waals surface area contributed by atoms with Gasteiger partial charge < -0.3 is 20.9 Å². The third-order valence-electron chi connectivity index (χ3n) is 2.38. The first-order valence-corrected chi connectivity index (χ1v) is 6.62. The maximum absolute atomic E-state index is 11.5. The van der Waals surface area contributed by atoms with Crippen molar-refractivity contribution >= 4 is 23.2 Å². The highest BCUT2D eigenvalue weighted by Gasteiger charge is 2.13. The summed E-state index contributed by atoms with van der Waals surface area (Å²) in [7, 11) is 1.55. The second-order valence-electron chi connectivity index (χ2n) is 3.86. The van der Waals surface area contributed by atoms with Gasteiger partial charge in [0.2, 0.25) is 5.91 Å². The molecule has 0 radical (unpaired) electrons. The number of aromatic carboxylic acids is 1. The Morgan fingerprint density at radius 1 is 1.63 bits per heavy atom. The summed E-state index contributed by atoms with van der Waals surface area (Å²) in [6, 6.07) is -0.592. The number of amides is 1. The van der Waals surface area contributed by atoms with Crippen LogP contribution in [0, 0.1) is 0 Å². The van der Waals surface area contributed by atoms with Crippen molar-refractivity contribution in [1.29, 1.82) is 0 Å². The molecule has 1 unspecified atom stereocenters. The molecule has 1 aromatic heterocycles. The van der Waals surface area contributed by atoms with Crippen molar-refractivity contribution in [1.82, 2.24) is 10.3 Å². The van der Waals surface area contributed by atoms with E-state index in [1.54, 1.807) is 7.11 Å². The standard InChI is InChI=1S/C11H17N3O4S/c1-18-5-3-7(12)10(15)13-4-2-9-14-8(6-19-9)11(16)17/h6-7H,2-5,12H2,1H3,(H,13,15)(H,16,17). The van der Waals surface area contributed by atoms with E-state index in [0.717, 1.165) is 0 Å². The number of methoxy groups -OCH3 is 1. The lowest BCUT2D eigenvalue weighted by Crippen LogP contribution is -2.41. The van der Waals surface area contributed by atoms with Crippen molar-refractivity contribution in [2.24, 2.45) is 5.73 Å². The first-order chi connectivity index (χ1) is 9.04. The fraction of sp³-hybridized carbons (Fsp3) is 0.545. The minimum Gasteiger partial charge on any atom is -0.476 e. The molecule has 1 amide bonds. The van der Waals surface area contributed by atoms with E-state index >= 15 is 0 Å². The molecular formula is C11H17N3O4S. The molecule has 0 aliphatic rings. The van der Waals surface area contributed by atoms with Crippen molar-refractivity contribution in [3.05, 3.63) is 16.1 Å². The number of carbonyl (C=O) groups is 2. The van der Waals surface area contributed by atoms with Crippen LogP contribution in [0.2, 0.25) is 0 Å². The molecule has 0 aliphatic carbocycles. The molecule has 0 aromatic carbocycles. The van der Waals surface area contributed by atoms with E-state index in [4.69, 9.17) is 15.6 Å². The lowest BCUT2D eigenvalue weighted by atomic mass is 10.2. The zero-order valence-corrected chi connectivity index (χ0v) is 11.4. The normalized spacial score (nSPS) is 12.1. The zero-order valence-electron chi connectivity index (χ0n) is 10.6. The molecule has 0 saturated carbocycles. The lowest BCUT2D eigenvalue weighted by molar-refractivity contribution is -0.122. The van der Waals surface area contributed by atoms with Crippen LogP contribution in [0.1, 0.15) is 21.9 Å². The summed E-state index contributed by atoms with van der Waals surface area (Å²) in [5, 5.41) is 13.5. The molecule has 0 fully saturated rings. The summed E-state index contributed by atoms with van der Waals surface area (Å²) >= 11 is 1.26. The summed E-state index contributed by atoms with van der Waals surface area (Å²) in [5.41, 5.74) is 5.67. The summed E-state index contributed by atoms with van der Waals surface area (Å²) in [5.74, 6) is -1.29. The quantitative estimate of drug-likeness (QED) is 0.613. The summed E-state index contributed by atoms with van der Waals surface area (Å²) in [6.45, 7) is 0.815. The Balaban J connectivity index is 2.29. The Bertz CT molecular complexity index is 435. The monoisotopic (exact) mass is 287 g/mol. The molecular weight excluding hydrogens is 270 g/mol. The zero-order chi connectivity index (χ0) is 14.3. The Morgan fingerprint density at radius 2 is 2.37 bits per heavy atom. The number of carbonyl (C=O) groups excluding carboxylic acids is 1. The van der Waals surface area contributed by atoms with Crippen molar-refractivity contribution in [3.8, 4) is 0 Å². The molecule has 19 heavy (non-hydrogen) atoms. The number of rotatable bonds is 8. The van der Waals surface area contributed by atoms with Crippen molar-refractivity contribution in [2.75, 3.05) is 20.3 Å². The van der Waals surface area contributed by atoms with Gasteiger partial charge in [-0.1, -0.05) is 0 Å². The molecule has 1 atom stereocenters. The minimum atomic E-state index is -1.05. The van der Waals surface area contributed by atoms with E-state index in [-0.39, 0.29) is 11.6 Å². The molecule has 1 heterocycles. The number of ether oxygens (including phenoxy) is 1. The van der Waals surface area contributed by atoms with Crippen LogP contribution in [-0.2, 0) is 16.0 Å². The van der Waals surface area contributed by atoms with E-state index in [9.17, 15) is 9.59 Å². The van der Waals surface area contributed by atoms with Gasteiger partial charge in [-0.15, -0.1) is 11.3 Å². The molecule has 8 heteroatoms. The second-order valence-corrected chi connectivity index (χ2v) is 4.80. The molecule has 106 valence electrons. The maximum Gasteiger partial charge on any atom is 0.355 e. The Hall–Kier alpha value is -1.51. The van der Waals surface area contributed by atoms with Gasteiger partial charge in [0.05, 0.1) is 11.0 Å². The molecule has 1 rings (SSSR count). The summed E-state index contributed by atoms with van der Waals surface area (Å²) < 4.78 is 4.84. The smallest absolute Gasteiger partial charge is 0.355 e. The maximum atomic E-state index is 11.5. The van der Waals surface area contributed by atoms with Crippen molar-refractivity contribution in [2.45, 2.75) is 18.9 Å². The van der Waals surface area contributed by atoms with E-state index in [1.807, 2.05) is 0 Å². The molecule has 4 N–H and O–H groups in total. The predicted molar refractivity (Wildman–Crippen MR) is 70.3 cm³/mol. The van der Waals surface area contributed by atoms with Crippen molar-refractivity contribution < 1.29 is 19.4 Å². The van der Waals surface area contributed by atoms with Gasteiger partial charge in [0, 0.05) is 32.1 Å². The summed E-state index contributed by atoms with van der Waals surface area (Å²) in [6.07, 6.45) is 0.948. The van der Waals surface area contributed by atoms with Crippen LogP contribution < -0.4 is 11.1 Å². The van der Waals surface area contributed by atoms with E-state index < -0.39 is 12.0 Å². The number of aromatic nitrogens is 1. The molecule has 7 nitrogen and oxygen atoms in total. The van der Waals surface area contributed by atoms with Gasteiger partial charge in [-0.2, -0.15) is 0 Å². The van der Waals surface area contributed by atoms with Crippen LogP contribution in [0.15, 0.2) is 5.38 Å². The highest BCUT2D eigenvalue weighted by atomic mass is 32.1. The molecule has 0 aliphatic heterocycles. The Kier molecular flexibility index (Phi) is 6.40. The molecule has 0 bridgehead atoms. The van der Waals surface area contributed by atoms with Crippen LogP contribution in [0.5, 0.6) is 0 Å². The van der Waals surface area contributed by atoms with Crippen molar-refractivity contribution in [3.63, 3.8) is 0 Å². The number of carboxylic acids is 1. The van der Waals surface area contributed by atoms with Gasteiger partial charge in [-0.05, 0) is 6.42 Å². The van der Waals surface area contributed by atoms with E-state index in [1.165, 1.54) is 16.7 Å². The predicted octanol–water partition coefficient (Wildman–Crippen LogP) is -0.136. The largest absolute Gasteiger partial charge is 0.476 e. The lowest BCUT2D eigenvalue weighted by Gasteiger charge is -2.10. The van der Waals surface area contributed by atoms with Crippen LogP contribution in [0.4, 0.5) is 0 Å². The third-order valence-corrected chi connectivity index (χ3v) is 3.29. The number of nitrogens with two attached hydrogens (primary N) is 1. The number of nitrogens with zero attached hydrogens (tertiary/aromatic N) is 1. The highest BCUT2D eigenvalue weighted by Crippen LogP contribution is 2.09. The van der Waals surface area contributed by atoms with E-state index in [2.05, 4.69) is 10.3 Å². The first kappa shape index (κ1) is 15.5. The number of hydrogen-bond acceptors (Lipinski definition) is 6. The van der Waals surface area contributed by atoms with Gasteiger partial charge in [0.25, 0.3) is 0 Å². The fourth-order valence-corrected chi connectivity index (χ4v) is 2.10. The van der Waals surface area contributed by atoms with Gasteiger partial charge in [0.15, 0.2) is 5.69 Å². The second kappa shape index (κ2) is 7.82. The van der Waals surface area contributed by atoms with Crippen LogP contribution in [0.3, 0.4) is 0 Å². The van der Waals surface area contributed by atoms with Crippen LogP contribution in [-0.4, -0.2) is 48.3 Å². The first-order valence-electron chi connectivity index (χ1n) is 5.74. The average Bonchev–Trinajstić information content (AvgIpc) is 2.84. The highest BCUT2D eigenvalue weighted by molar-refractivity contribution is 7.09. The van der Waals surface area contributed by atoms with Crippen LogP contribution >= 0.6 is 11.3 Å². The number of carboxylic acid groups (broad SMARTS) is 1. The molecule has 0 saturated heterocycles. The fourth-order valence-electron chi connectivity index (χ4n) is 1.32. The van der Waals surface area contributed by atoms with Gasteiger partial charge in [-0.25, -0.2) is 9.78 Å². The number of thiazole rings is 1. The van der Waals surface area contributed by atoms with Crippen LogP contribution in [0.25, 0.3) is 0 Å². The SMILES string of the molecule is COCCC(N)C(=O)NCCc1nc(C(=O)O)cs1. The minimum absolute atomic E-state index is 0.0307. The van der Waals surface area contributed by atoms with Gasteiger partial charge in [-0.3, -0.25) is 4.79 Å². The summed E-state index contributed by atoms with van der Waals surface area (Å²) in [4.78, 5) is 26.1. The Morgan fingerprint density at radius 3 is 2.95 bits per heavy atom. The number of hydrogen-bond donors (Lipinski definition) is 3. The topological polar surface area (TPSA) is 115 Å². The Labute approximate surface area is 114 Å². The third kappa shape index (κ3) is 5.33. The molecule has 0 spiro atoms. The van der Waals surface area contributed by atoms with Gasteiger partial charge >= 0.3 is 5.97 Å². The van der Waals surface area contributed by atoms with Gasteiger partial charge in [0.1, 0.15) is 0 Å². The molecule has 1 aromatic rings. The number of nitrogens with one attached hydrogen (secondary N) is 1. The average molecular weight is 287 g/mol.